The number of nitrogens with zero attached hydrogens (tertiary/aromatic N) is 3. The lowest BCUT2D eigenvalue weighted by Crippen LogP contribution is -2.25. The number of rotatable bonds is 4. The molecular formula is C14H19N3S. The predicted molar refractivity (Wildman–Crippen MR) is 79.1 cm³/mol. The minimum atomic E-state index is 0.990. The Labute approximate surface area is 115 Å². The number of para-hydroxylation sites is 1. The van der Waals surface area contributed by atoms with Gasteiger partial charge in [-0.15, -0.1) is 0 Å². The first-order valence-corrected chi connectivity index (χ1v) is 6.53. The Morgan fingerprint density at radius 1 is 1.28 bits per heavy atom. The molecule has 0 atom stereocenters. The van der Waals surface area contributed by atoms with Crippen molar-refractivity contribution in [1.29, 1.82) is 5.26 Å². The zero-order valence-electron chi connectivity index (χ0n) is 10.7. The SMILES string of the molecule is CCCCN1C=CN(c2ccccc2)C1.N#CS. The van der Waals surface area contributed by atoms with Gasteiger partial charge in [0.1, 0.15) is 5.40 Å². The molecule has 2 rings (SSSR count). The van der Waals surface area contributed by atoms with Crippen LogP contribution in [0.15, 0.2) is 42.7 Å². The minimum absolute atomic E-state index is 0.990. The van der Waals surface area contributed by atoms with Crippen molar-refractivity contribution in [3.05, 3.63) is 42.7 Å². The molecule has 0 bridgehead atoms. The van der Waals surface area contributed by atoms with Crippen LogP contribution in [-0.4, -0.2) is 18.1 Å². The van der Waals surface area contributed by atoms with Crippen LogP contribution in [0.4, 0.5) is 5.69 Å². The summed E-state index contributed by atoms with van der Waals surface area (Å²) < 4.78 is 0. The topological polar surface area (TPSA) is 30.3 Å². The van der Waals surface area contributed by atoms with E-state index in [1.54, 1.807) is 0 Å². The molecule has 96 valence electrons. The highest BCUT2D eigenvalue weighted by Gasteiger charge is 2.12. The quantitative estimate of drug-likeness (QED) is 0.665. The van der Waals surface area contributed by atoms with E-state index in [0.29, 0.717) is 0 Å². The number of thiocyanates is 1. The van der Waals surface area contributed by atoms with E-state index in [0.717, 1.165) is 13.2 Å². The van der Waals surface area contributed by atoms with Crippen LogP contribution >= 0.6 is 12.6 Å². The standard InChI is InChI=1S/C13H18N2.CHNS/c1-2-3-9-14-10-11-15(12-14)13-7-5-4-6-8-13;2-1-3/h4-8,10-11H,2-3,9,12H2,1H3;3H. The maximum atomic E-state index is 7.18. The van der Waals surface area contributed by atoms with Crippen LogP contribution in [0, 0.1) is 10.7 Å². The lowest BCUT2D eigenvalue weighted by atomic mass is 10.3. The van der Waals surface area contributed by atoms with Crippen LogP contribution in [0.1, 0.15) is 19.8 Å². The summed E-state index contributed by atoms with van der Waals surface area (Å²) in [6.07, 6.45) is 6.87. The molecule has 0 saturated heterocycles. The summed E-state index contributed by atoms with van der Waals surface area (Å²) in [6, 6.07) is 10.5. The van der Waals surface area contributed by atoms with Crippen LogP contribution in [0.3, 0.4) is 0 Å². The van der Waals surface area contributed by atoms with E-state index in [2.05, 4.69) is 72.1 Å². The van der Waals surface area contributed by atoms with E-state index < -0.39 is 0 Å². The van der Waals surface area contributed by atoms with Crippen LogP contribution < -0.4 is 4.90 Å². The summed E-state index contributed by atoms with van der Waals surface area (Å²) in [5.41, 5.74) is 1.27. The Bertz CT molecular complexity index is 397. The molecule has 0 unspecified atom stereocenters. The fourth-order valence-electron chi connectivity index (χ4n) is 1.76. The average Bonchev–Trinajstić information content (AvgIpc) is 2.87. The summed E-state index contributed by atoms with van der Waals surface area (Å²) in [4.78, 5) is 4.63. The Morgan fingerprint density at radius 3 is 2.56 bits per heavy atom. The first-order chi connectivity index (χ1) is 8.81. The van der Waals surface area contributed by atoms with Crippen LogP contribution in [-0.2, 0) is 0 Å². The molecule has 1 aliphatic rings. The van der Waals surface area contributed by atoms with Gasteiger partial charge in [-0.1, -0.05) is 44.2 Å². The highest BCUT2D eigenvalue weighted by Crippen LogP contribution is 2.18. The molecule has 0 N–H and O–H groups in total. The summed E-state index contributed by atoms with van der Waals surface area (Å²) in [6.45, 7) is 4.38. The van der Waals surface area contributed by atoms with Crippen molar-refractivity contribution in [3.8, 4) is 5.40 Å². The van der Waals surface area contributed by atoms with Gasteiger partial charge in [0.05, 0.1) is 6.67 Å². The molecule has 0 aromatic heterocycles. The van der Waals surface area contributed by atoms with E-state index in [-0.39, 0.29) is 0 Å². The zero-order chi connectivity index (χ0) is 13.2. The number of unbranched alkanes of at least 4 members (excludes halogenated alkanes) is 1. The molecule has 0 amide bonds. The molecular weight excluding hydrogens is 242 g/mol. The largest absolute Gasteiger partial charge is 0.358 e. The molecule has 18 heavy (non-hydrogen) atoms. The lowest BCUT2D eigenvalue weighted by molar-refractivity contribution is 0.396. The highest BCUT2D eigenvalue weighted by molar-refractivity contribution is 7.85. The smallest absolute Gasteiger partial charge is 0.130 e. The van der Waals surface area contributed by atoms with Gasteiger partial charge in [0, 0.05) is 24.6 Å². The van der Waals surface area contributed by atoms with Gasteiger partial charge >= 0.3 is 0 Å². The Kier molecular flexibility index (Phi) is 6.82. The minimum Gasteiger partial charge on any atom is -0.358 e. The number of nitriles is 1. The van der Waals surface area contributed by atoms with Crippen molar-refractivity contribution in [2.75, 3.05) is 18.1 Å². The van der Waals surface area contributed by atoms with Crippen molar-refractivity contribution in [2.24, 2.45) is 0 Å². The molecule has 0 spiro atoms. The molecule has 1 aromatic carbocycles. The Morgan fingerprint density at radius 2 is 1.94 bits per heavy atom. The summed E-state index contributed by atoms with van der Waals surface area (Å²) >= 11 is 3.09. The number of hydrogen-bond acceptors (Lipinski definition) is 4. The second-order valence-electron chi connectivity index (χ2n) is 4.01. The molecule has 4 heteroatoms. The fourth-order valence-corrected chi connectivity index (χ4v) is 1.76. The molecule has 0 saturated carbocycles. The first kappa shape index (κ1) is 14.5. The second kappa shape index (κ2) is 8.48. The molecule has 1 heterocycles. The molecule has 0 radical (unpaired) electrons. The first-order valence-electron chi connectivity index (χ1n) is 6.09. The molecule has 3 nitrogen and oxygen atoms in total. The van der Waals surface area contributed by atoms with E-state index in [1.165, 1.54) is 23.9 Å². The third-order valence-corrected chi connectivity index (χ3v) is 2.68. The van der Waals surface area contributed by atoms with E-state index in [4.69, 9.17) is 5.26 Å². The average molecular weight is 261 g/mol. The molecule has 1 aliphatic heterocycles. The van der Waals surface area contributed by atoms with Crippen LogP contribution in [0.5, 0.6) is 0 Å². The summed E-state index contributed by atoms with van der Waals surface area (Å²) in [7, 11) is 0. The summed E-state index contributed by atoms with van der Waals surface area (Å²) in [5.74, 6) is 0. The van der Waals surface area contributed by atoms with Gasteiger partial charge in [-0.3, -0.25) is 0 Å². The van der Waals surface area contributed by atoms with Gasteiger partial charge < -0.3 is 9.80 Å². The van der Waals surface area contributed by atoms with E-state index >= 15 is 0 Å². The fraction of sp³-hybridized carbons (Fsp3) is 0.357. The molecule has 0 fully saturated rings. The third-order valence-electron chi connectivity index (χ3n) is 2.68. The third kappa shape index (κ3) is 4.72. The monoisotopic (exact) mass is 261 g/mol. The van der Waals surface area contributed by atoms with Crippen molar-refractivity contribution >= 4 is 18.3 Å². The second-order valence-corrected chi connectivity index (χ2v) is 4.21. The van der Waals surface area contributed by atoms with E-state index in [1.807, 2.05) is 0 Å². The van der Waals surface area contributed by atoms with Crippen molar-refractivity contribution in [1.82, 2.24) is 4.90 Å². The van der Waals surface area contributed by atoms with Crippen LogP contribution in [0.25, 0.3) is 0 Å². The van der Waals surface area contributed by atoms with Crippen molar-refractivity contribution in [3.63, 3.8) is 0 Å². The van der Waals surface area contributed by atoms with Crippen molar-refractivity contribution in [2.45, 2.75) is 19.8 Å². The normalized spacial score (nSPS) is 12.9. The highest BCUT2D eigenvalue weighted by atomic mass is 32.1. The number of benzene rings is 1. The predicted octanol–water partition coefficient (Wildman–Crippen LogP) is 3.43. The number of hydrogen-bond donors (Lipinski definition) is 1. The number of anilines is 1. The van der Waals surface area contributed by atoms with Gasteiger partial charge in [0.25, 0.3) is 0 Å². The Balaban J connectivity index is 0.000000492. The maximum absolute atomic E-state index is 7.18. The van der Waals surface area contributed by atoms with Gasteiger partial charge in [0.2, 0.25) is 0 Å². The summed E-state index contributed by atoms with van der Waals surface area (Å²) in [5, 5.41) is 8.63. The number of thiol groups is 1. The van der Waals surface area contributed by atoms with Gasteiger partial charge in [0.15, 0.2) is 0 Å². The Hall–Kier alpha value is -1.60. The van der Waals surface area contributed by atoms with Gasteiger partial charge in [-0.2, -0.15) is 5.26 Å². The lowest BCUT2D eigenvalue weighted by Gasteiger charge is -2.21. The van der Waals surface area contributed by atoms with E-state index in [9.17, 15) is 0 Å². The van der Waals surface area contributed by atoms with Gasteiger partial charge in [-0.05, 0) is 18.6 Å². The zero-order valence-corrected chi connectivity index (χ0v) is 11.6. The van der Waals surface area contributed by atoms with Gasteiger partial charge in [-0.25, -0.2) is 0 Å². The molecule has 0 aliphatic carbocycles. The maximum Gasteiger partial charge on any atom is 0.130 e. The van der Waals surface area contributed by atoms with Crippen LogP contribution in [0.2, 0.25) is 0 Å². The van der Waals surface area contributed by atoms with Crippen molar-refractivity contribution < 1.29 is 0 Å². The molecule has 1 aromatic rings.